The van der Waals surface area contributed by atoms with Crippen LogP contribution < -0.4 is 5.32 Å². The van der Waals surface area contributed by atoms with E-state index in [0.717, 1.165) is 24.0 Å². The predicted molar refractivity (Wildman–Crippen MR) is 139 cm³/mol. The van der Waals surface area contributed by atoms with Crippen LogP contribution in [0.3, 0.4) is 0 Å². The van der Waals surface area contributed by atoms with Crippen molar-refractivity contribution in [3.05, 3.63) is 94.5 Å². The third kappa shape index (κ3) is 4.68. The van der Waals surface area contributed by atoms with Gasteiger partial charge in [0.25, 0.3) is 5.91 Å². The lowest BCUT2D eigenvalue weighted by molar-refractivity contribution is 0.102. The standard InChI is InChI=1S/C28H26N4O4S/c33-26(29-28-31-30-27(36-28)23-10-9-19-5-1-3-7-22(19)17-23)21-11-13-25(14-12-21)37(34,35)32-16-15-20-6-2-4-8-24(20)18-32/h2,4,6,8-14,17H,1,3,5,7,15-16,18H2,(H,29,31,33). The van der Waals surface area contributed by atoms with Crippen molar-refractivity contribution < 1.29 is 17.6 Å². The van der Waals surface area contributed by atoms with Gasteiger partial charge >= 0.3 is 6.01 Å². The Morgan fingerprint density at radius 2 is 1.57 bits per heavy atom. The van der Waals surface area contributed by atoms with Gasteiger partial charge in [0.05, 0.1) is 4.90 Å². The van der Waals surface area contributed by atoms with E-state index in [1.807, 2.05) is 30.3 Å². The summed E-state index contributed by atoms with van der Waals surface area (Å²) in [5.74, 6) is -0.121. The van der Waals surface area contributed by atoms with Crippen molar-refractivity contribution in [3.63, 3.8) is 0 Å². The molecule has 4 aromatic rings. The maximum absolute atomic E-state index is 13.2. The Kier molecular flexibility index (Phi) is 6.10. The molecule has 2 heterocycles. The van der Waals surface area contributed by atoms with Crippen LogP contribution in [0.2, 0.25) is 0 Å². The fourth-order valence-corrected chi connectivity index (χ4v) is 6.45. The topological polar surface area (TPSA) is 105 Å². The monoisotopic (exact) mass is 514 g/mol. The van der Waals surface area contributed by atoms with E-state index in [-0.39, 0.29) is 16.5 Å². The first-order valence-corrected chi connectivity index (χ1v) is 13.9. The number of amides is 1. The van der Waals surface area contributed by atoms with Gasteiger partial charge < -0.3 is 4.42 Å². The van der Waals surface area contributed by atoms with Crippen LogP contribution in [-0.4, -0.2) is 35.4 Å². The molecule has 37 heavy (non-hydrogen) atoms. The highest BCUT2D eigenvalue weighted by atomic mass is 32.2. The molecule has 0 spiro atoms. The molecule has 1 aliphatic carbocycles. The normalized spacial score (nSPS) is 15.6. The van der Waals surface area contributed by atoms with E-state index in [4.69, 9.17) is 4.42 Å². The molecule has 8 nitrogen and oxygen atoms in total. The van der Waals surface area contributed by atoms with E-state index < -0.39 is 15.9 Å². The molecule has 0 fully saturated rings. The molecule has 0 unspecified atom stereocenters. The molecule has 0 saturated heterocycles. The Labute approximate surface area is 215 Å². The number of hydrogen-bond acceptors (Lipinski definition) is 6. The van der Waals surface area contributed by atoms with E-state index in [1.54, 1.807) is 0 Å². The van der Waals surface area contributed by atoms with Crippen molar-refractivity contribution in [1.29, 1.82) is 0 Å². The van der Waals surface area contributed by atoms with Gasteiger partial charge in [-0.1, -0.05) is 35.4 Å². The summed E-state index contributed by atoms with van der Waals surface area (Å²) >= 11 is 0. The summed E-state index contributed by atoms with van der Waals surface area (Å²) in [4.78, 5) is 12.9. The van der Waals surface area contributed by atoms with E-state index >= 15 is 0 Å². The molecule has 9 heteroatoms. The fraction of sp³-hybridized carbons (Fsp3) is 0.250. The quantitative estimate of drug-likeness (QED) is 0.417. The Bertz CT molecular complexity index is 1580. The lowest BCUT2D eigenvalue weighted by Gasteiger charge is -2.28. The summed E-state index contributed by atoms with van der Waals surface area (Å²) in [7, 11) is -3.68. The van der Waals surface area contributed by atoms with Crippen molar-refractivity contribution >= 4 is 21.9 Å². The lowest BCUT2D eigenvalue weighted by atomic mass is 9.90. The molecule has 3 aromatic carbocycles. The van der Waals surface area contributed by atoms with Gasteiger partial charge in [0.15, 0.2) is 0 Å². The van der Waals surface area contributed by atoms with Gasteiger partial charge in [-0.3, -0.25) is 10.1 Å². The Hall–Kier alpha value is -3.82. The van der Waals surface area contributed by atoms with Crippen molar-refractivity contribution in [1.82, 2.24) is 14.5 Å². The minimum absolute atomic E-state index is 0.0126. The van der Waals surface area contributed by atoms with Gasteiger partial charge in [0.2, 0.25) is 15.9 Å². The zero-order valence-corrected chi connectivity index (χ0v) is 21.0. The van der Waals surface area contributed by atoms with Crippen molar-refractivity contribution in [2.45, 2.75) is 43.5 Å². The largest absolute Gasteiger partial charge is 0.403 e. The number of anilines is 1. The number of hydrogen-bond donors (Lipinski definition) is 1. The van der Waals surface area contributed by atoms with Crippen LogP contribution in [-0.2, 0) is 35.8 Å². The minimum atomic E-state index is -3.68. The molecule has 0 saturated carbocycles. The third-order valence-corrected chi connectivity index (χ3v) is 8.95. The molecule has 1 aliphatic heterocycles. The summed E-state index contributed by atoms with van der Waals surface area (Å²) in [5.41, 5.74) is 5.97. The van der Waals surface area contributed by atoms with Gasteiger partial charge in [-0.15, -0.1) is 5.10 Å². The number of rotatable bonds is 5. The molecule has 188 valence electrons. The zero-order valence-electron chi connectivity index (χ0n) is 20.2. The fourth-order valence-electron chi connectivity index (χ4n) is 5.03. The van der Waals surface area contributed by atoms with Crippen LogP contribution in [0.1, 0.15) is 45.5 Å². The third-order valence-electron chi connectivity index (χ3n) is 7.09. The summed E-state index contributed by atoms with van der Waals surface area (Å²) in [5, 5.41) is 10.6. The molecule has 6 rings (SSSR count). The molecular formula is C28H26N4O4S. The number of fused-ring (bicyclic) bond motifs is 2. The molecular weight excluding hydrogens is 488 g/mol. The lowest BCUT2D eigenvalue weighted by Crippen LogP contribution is -2.35. The van der Waals surface area contributed by atoms with Gasteiger partial charge in [-0.25, -0.2) is 8.42 Å². The van der Waals surface area contributed by atoms with Gasteiger partial charge in [-0.05, 0) is 90.8 Å². The van der Waals surface area contributed by atoms with Gasteiger partial charge in [0.1, 0.15) is 0 Å². The van der Waals surface area contributed by atoms with Gasteiger partial charge in [0, 0.05) is 24.2 Å². The van der Waals surface area contributed by atoms with Gasteiger partial charge in [-0.2, -0.15) is 4.31 Å². The van der Waals surface area contributed by atoms with E-state index in [2.05, 4.69) is 27.6 Å². The first-order valence-electron chi connectivity index (χ1n) is 12.4. The second-order valence-electron chi connectivity index (χ2n) is 9.44. The first-order chi connectivity index (χ1) is 18.0. The number of nitrogens with zero attached hydrogens (tertiary/aromatic N) is 3. The Morgan fingerprint density at radius 1 is 0.838 bits per heavy atom. The minimum Gasteiger partial charge on any atom is -0.403 e. The summed E-state index contributed by atoms with van der Waals surface area (Å²) < 4.78 is 33.5. The summed E-state index contributed by atoms with van der Waals surface area (Å²) in [6.45, 7) is 0.760. The molecule has 0 radical (unpaired) electrons. The second kappa shape index (κ2) is 9.57. The van der Waals surface area contributed by atoms with Crippen molar-refractivity contribution in [3.8, 4) is 11.5 Å². The zero-order chi connectivity index (χ0) is 25.4. The number of benzene rings is 3. The maximum atomic E-state index is 13.2. The molecule has 0 atom stereocenters. The number of aromatic nitrogens is 2. The number of aryl methyl sites for hydroxylation is 2. The highest BCUT2D eigenvalue weighted by Crippen LogP contribution is 2.28. The molecule has 0 bridgehead atoms. The number of sulfonamides is 1. The Balaban J connectivity index is 1.14. The van der Waals surface area contributed by atoms with E-state index in [9.17, 15) is 13.2 Å². The van der Waals surface area contributed by atoms with Crippen LogP contribution in [0.4, 0.5) is 6.01 Å². The average molecular weight is 515 g/mol. The van der Waals surface area contributed by atoms with Crippen LogP contribution in [0.5, 0.6) is 0 Å². The Morgan fingerprint density at radius 3 is 2.38 bits per heavy atom. The number of carbonyl (C=O) groups excluding carboxylic acids is 1. The van der Waals surface area contributed by atoms with Crippen molar-refractivity contribution in [2.24, 2.45) is 0 Å². The summed E-state index contributed by atoms with van der Waals surface area (Å²) in [6.07, 6.45) is 5.19. The van der Waals surface area contributed by atoms with Crippen LogP contribution in [0.15, 0.2) is 76.0 Å². The predicted octanol–water partition coefficient (Wildman–Crippen LogP) is 4.61. The highest BCUT2D eigenvalue weighted by Gasteiger charge is 2.28. The molecule has 1 N–H and O–H groups in total. The number of carbonyl (C=O) groups is 1. The second-order valence-corrected chi connectivity index (χ2v) is 11.4. The molecule has 2 aliphatic rings. The SMILES string of the molecule is O=C(Nc1nnc(-c2ccc3c(c2)CCCC3)o1)c1ccc(S(=O)(=O)N2CCc3ccccc3C2)cc1. The smallest absolute Gasteiger partial charge is 0.322 e. The highest BCUT2D eigenvalue weighted by molar-refractivity contribution is 7.89. The van der Waals surface area contributed by atoms with Crippen LogP contribution in [0.25, 0.3) is 11.5 Å². The van der Waals surface area contributed by atoms with E-state index in [1.165, 1.54) is 58.1 Å². The molecule has 1 amide bonds. The summed E-state index contributed by atoms with van der Waals surface area (Å²) in [6, 6.07) is 19.9. The van der Waals surface area contributed by atoms with E-state index in [0.29, 0.717) is 25.4 Å². The average Bonchev–Trinajstić information content (AvgIpc) is 3.41. The van der Waals surface area contributed by atoms with Crippen LogP contribution in [0, 0.1) is 0 Å². The first kappa shape index (κ1) is 23.6. The molecule has 1 aromatic heterocycles. The van der Waals surface area contributed by atoms with Crippen molar-refractivity contribution in [2.75, 3.05) is 11.9 Å². The number of nitrogens with one attached hydrogen (secondary N) is 1. The van der Waals surface area contributed by atoms with Crippen LogP contribution >= 0.6 is 0 Å². The maximum Gasteiger partial charge on any atom is 0.322 e.